The highest BCUT2D eigenvalue weighted by molar-refractivity contribution is 8.19. The van der Waals surface area contributed by atoms with E-state index < -0.39 is 0 Å². The Morgan fingerprint density at radius 3 is 2.84 bits per heavy atom. The number of unbranched alkanes of at least 4 members (excludes halogenated alkanes) is 1. The topological polar surface area (TPSA) is 75.4 Å². The molecule has 3 N–H and O–H groups in total. The van der Waals surface area contributed by atoms with E-state index in [1.54, 1.807) is 0 Å². The van der Waals surface area contributed by atoms with Gasteiger partial charge in [-0.2, -0.15) is 0 Å². The molecular formula is C12H23N3O2S2. The van der Waals surface area contributed by atoms with E-state index in [0.29, 0.717) is 19.5 Å². The van der Waals surface area contributed by atoms with E-state index in [2.05, 4.69) is 12.2 Å². The van der Waals surface area contributed by atoms with Gasteiger partial charge in [-0.1, -0.05) is 13.3 Å². The highest BCUT2D eigenvalue weighted by Crippen LogP contribution is 2.32. The lowest BCUT2D eigenvalue weighted by atomic mass is 10.2. The summed E-state index contributed by atoms with van der Waals surface area (Å²) in [5.41, 5.74) is 5.07. The first-order chi connectivity index (χ1) is 9.15. The maximum Gasteiger partial charge on any atom is 0.231 e. The molecule has 110 valence electrons. The highest BCUT2D eigenvalue weighted by Gasteiger charge is 2.26. The summed E-state index contributed by atoms with van der Waals surface area (Å²) < 4.78 is 0. The van der Waals surface area contributed by atoms with Crippen molar-refractivity contribution in [3.8, 4) is 0 Å². The molecule has 5 nitrogen and oxygen atoms in total. The monoisotopic (exact) mass is 305 g/mol. The van der Waals surface area contributed by atoms with Gasteiger partial charge in [-0.15, -0.1) is 23.5 Å². The highest BCUT2D eigenvalue weighted by atomic mass is 32.2. The second-order valence-corrected chi connectivity index (χ2v) is 7.01. The van der Waals surface area contributed by atoms with Crippen LogP contribution in [0.3, 0.4) is 0 Å². The zero-order valence-corrected chi connectivity index (χ0v) is 13.0. The summed E-state index contributed by atoms with van der Waals surface area (Å²) in [7, 11) is 0. The smallest absolute Gasteiger partial charge is 0.231 e. The summed E-state index contributed by atoms with van der Waals surface area (Å²) >= 11 is 3.70. The van der Waals surface area contributed by atoms with E-state index in [4.69, 9.17) is 5.73 Å². The molecule has 0 saturated carbocycles. The summed E-state index contributed by atoms with van der Waals surface area (Å²) in [5.74, 6) is 0.857. The van der Waals surface area contributed by atoms with Crippen molar-refractivity contribution in [2.45, 2.75) is 31.6 Å². The maximum absolute atomic E-state index is 12.2. The molecule has 19 heavy (non-hydrogen) atoms. The van der Waals surface area contributed by atoms with Gasteiger partial charge in [-0.3, -0.25) is 9.59 Å². The number of primary amides is 1. The molecule has 7 heteroatoms. The summed E-state index contributed by atoms with van der Waals surface area (Å²) in [5, 5.41) is 4.30. The molecule has 0 bridgehead atoms. The van der Waals surface area contributed by atoms with Gasteiger partial charge < -0.3 is 16.0 Å². The van der Waals surface area contributed by atoms with Gasteiger partial charge >= 0.3 is 0 Å². The Kier molecular flexibility index (Phi) is 8.32. The van der Waals surface area contributed by atoms with E-state index in [1.165, 1.54) is 0 Å². The predicted octanol–water partition coefficient (Wildman–Crippen LogP) is 0.844. The molecule has 1 aliphatic heterocycles. The van der Waals surface area contributed by atoms with Crippen molar-refractivity contribution in [2.24, 2.45) is 5.73 Å². The molecule has 2 amide bonds. The summed E-state index contributed by atoms with van der Waals surface area (Å²) in [6.45, 7) is 3.52. The lowest BCUT2D eigenvalue weighted by Crippen LogP contribution is -2.43. The van der Waals surface area contributed by atoms with Crippen LogP contribution in [0.5, 0.6) is 0 Å². The second kappa shape index (κ2) is 9.50. The van der Waals surface area contributed by atoms with Crippen LogP contribution in [0, 0.1) is 0 Å². The van der Waals surface area contributed by atoms with Crippen molar-refractivity contribution in [2.75, 3.05) is 30.5 Å². The van der Waals surface area contributed by atoms with Crippen molar-refractivity contribution >= 4 is 35.3 Å². The first kappa shape index (κ1) is 16.7. The Balaban J connectivity index is 2.39. The Bertz CT molecular complexity index is 297. The zero-order chi connectivity index (χ0) is 14.1. The summed E-state index contributed by atoms with van der Waals surface area (Å²) in [4.78, 5) is 24.8. The van der Waals surface area contributed by atoms with Gasteiger partial charge in [0, 0.05) is 30.3 Å². The number of nitrogens with two attached hydrogens (primary N) is 1. The fourth-order valence-electron chi connectivity index (χ4n) is 1.82. The molecule has 1 atom stereocenters. The van der Waals surface area contributed by atoms with E-state index in [-0.39, 0.29) is 23.7 Å². The van der Waals surface area contributed by atoms with Crippen LogP contribution >= 0.6 is 23.5 Å². The van der Waals surface area contributed by atoms with E-state index in [9.17, 15) is 9.59 Å². The minimum Gasteiger partial charge on any atom is -0.369 e. The number of nitrogens with one attached hydrogen (secondary N) is 1. The Morgan fingerprint density at radius 2 is 2.26 bits per heavy atom. The summed E-state index contributed by atoms with van der Waals surface area (Å²) in [6, 6.07) is 0. The minimum atomic E-state index is -0.366. The van der Waals surface area contributed by atoms with Crippen molar-refractivity contribution in [1.29, 1.82) is 0 Å². The number of carbonyl (C=O) groups is 2. The molecular weight excluding hydrogens is 282 g/mol. The van der Waals surface area contributed by atoms with E-state index >= 15 is 0 Å². The molecule has 0 radical (unpaired) electrons. The van der Waals surface area contributed by atoms with Crippen molar-refractivity contribution in [3.05, 3.63) is 0 Å². The lowest BCUT2D eigenvalue weighted by molar-refractivity contribution is -0.131. The van der Waals surface area contributed by atoms with E-state index in [0.717, 1.165) is 23.7 Å². The van der Waals surface area contributed by atoms with Crippen LogP contribution in [-0.2, 0) is 9.59 Å². The van der Waals surface area contributed by atoms with Crippen LogP contribution in [0.4, 0.5) is 0 Å². The van der Waals surface area contributed by atoms with Gasteiger partial charge in [0.15, 0.2) is 0 Å². The zero-order valence-electron chi connectivity index (χ0n) is 11.4. The molecule has 1 aliphatic rings. The van der Waals surface area contributed by atoms with Gasteiger partial charge in [0.05, 0.1) is 11.9 Å². The van der Waals surface area contributed by atoms with Crippen molar-refractivity contribution in [3.63, 3.8) is 0 Å². The molecule has 1 rings (SSSR count). The van der Waals surface area contributed by atoms with Crippen molar-refractivity contribution < 1.29 is 9.59 Å². The van der Waals surface area contributed by atoms with Crippen LogP contribution in [0.1, 0.15) is 26.2 Å². The third kappa shape index (κ3) is 6.54. The predicted molar refractivity (Wildman–Crippen MR) is 82.0 cm³/mol. The molecule has 0 aromatic heterocycles. The van der Waals surface area contributed by atoms with Crippen LogP contribution in [-0.4, -0.2) is 52.6 Å². The largest absolute Gasteiger partial charge is 0.369 e. The molecule has 1 fully saturated rings. The van der Waals surface area contributed by atoms with Gasteiger partial charge in [-0.25, -0.2) is 0 Å². The van der Waals surface area contributed by atoms with Crippen molar-refractivity contribution in [1.82, 2.24) is 10.2 Å². The average Bonchev–Trinajstić information content (AvgIpc) is 2.89. The molecule has 0 aliphatic carbocycles. The quantitative estimate of drug-likeness (QED) is 0.618. The number of amides is 2. The Labute approximate surface area is 123 Å². The van der Waals surface area contributed by atoms with Crippen LogP contribution < -0.4 is 11.1 Å². The maximum atomic E-state index is 12.2. The minimum absolute atomic E-state index is 0.170. The lowest BCUT2D eigenvalue weighted by Gasteiger charge is -2.28. The summed E-state index contributed by atoms with van der Waals surface area (Å²) in [6.07, 6.45) is 2.59. The average molecular weight is 305 g/mol. The van der Waals surface area contributed by atoms with Crippen LogP contribution in [0.25, 0.3) is 0 Å². The van der Waals surface area contributed by atoms with Crippen LogP contribution in [0.2, 0.25) is 0 Å². The number of thioether (sulfide) groups is 2. The van der Waals surface area contributed by atoms with E-state index in [1.807, 2.05) is 28.4 Å². The number of nitrogens with zero attached hydrogens (tertiary/aromatic N) is 1. The number of carbonyl (C=O) groups excluding carboxylic acids is 2. The third-order valence-electron chi connectivity index (χ3n) is 2.85. The van der Waals surface area contributed by atoms with Gasteiger partial charge in [-0.05, 0) is 6.42 Å². The van der Waals surface area contributed by atoms with Crippen LogP contribution in [0.15, 0.2) is 0 Å². The first-order valence-corrected chi connectivity index (χ1v) is 8.83. The van der Waals surface area contributed by atoms with Gasteiger partial charge in [0.25, 0.3) is 0 Å². The number of hydrogen-bond acceptors (Lipinski definition) is 5. The fraction of sp³-hybridized carbons (Fsp3) is 0.833. The molecule has 0 unspecified atom stereocenters. The standard InChI is InChI=1S/C12H23N3O2S2/c1-2-3-4-11(17)15(12-8-18-9-19-12)6-5-14-7-10(13)16/h12,14H,2-9H2,1H3,(H2,13,16)/t12-/m1/s1. The normalized spacial score (nSPS) is 18.5. The number of hydrogen-bond donors (Lipinski definition) is 2. The Hall–Kier alpha value is -0.400. The molecule has 0 aromatic rings. The second-order valence-electron chi connectivity index (χ2n) is 4.44. The molecule has 1 saturated heterocycles. The first-order valence-electron chi connectivity index (χ1n) is 6.63. The number of rotatable bonds is 9. The Morgan fingerprint density at radius 1 is 1.47 bits per heavy atom. The molecule has 0 aromatic carbocycles. The molecule has 1 heterocycles. The SMILES string of the molecule is CCCCC(=O)N(CCNCC(N)=O)[C@H]1CSCS1. The molecule has 0 spiro atoms. The van der Waals surface area contributed by atoms with Gasteiger partial charge in [0.2, 0.25) is 11.8 Å². The van der Waals surface area contributed by atoms with Gasteiger partial charge in [0.1, 0.15) is 0 Å². The third-order valence-corrected chi connectivity index (χ3v) is 5.62. The fourth-order valence-corrected chi connectivity index (χ4v) is 4.67.